The summed E-state index contributed by atoms with van der Waals surface area (Å²) in [6.07, 6.45) is 2.01. The Balaban J connectivity index is 2.27. The summed E-state index contributed by atoms with van der Waals surface area (Å²) >= 11 is 0. The van der Waals surface area contributed by atoms with Crippen molar-refractivity contribution < 1.29 is 9.53 Å². The van der Waals surface area contributed by atoms with Crippen molar-refractivity contribution in [1.29, 1.82) is 0 Å². The molecule has 0 amide bonds. The van der Waals surface area contributed by atoms with E-state index < -0.39 is 0 Å². The molecule has 0 spiro atoms. The van der Waals surface area contributed by atoms with Crippen molar-refractivity contribution in [3.05, 3.63) is 0 Å². The van der Waals surface area contributed by atoms with Crippen LogP contribution in [0.1, 0.15) is 33.6 Å². The van der Waals surface area contributed by atoms with Crippen molar-refractivity contribution in [1.82, 2.24) is 4.90 Å². The first-order chi connectivity index (χ1) is 7.15. The molecule has 0 aromatic heterocycles. The maximum atomic E-state index is 11.7. The topological polar surface area (TPSA) is 29.5 Å². The number of likely N-dealkylation sites (tertiary alicyclic amines) is 1. The van der Waals surface area contributed by atoms with Crippen molar-refractivity contribution in [2.24, 2.45) is 5.92 Å². The number of ether oxygens (including phenoxy) is 1. The predicted molar refractivity (Wildman–Crippen MR) is 60.9 cm³/mol. The Morgan fingerprint density at radius 2 is 2.00 bits per heavy atom. The Hall–Kier alpha value is -0.410. The number of rotatable bonds is 5. The van der Waals surface area contributed by atoms with E-state index in [0.29, 0.717) is 25.0 Å². The second-order valence-corrected chi connectivity index (χ2v) is 4.51. The van der Waals surface area contributed by atoms with E-state index in [0.717, 1.165) is 25.9 Å². The highest BCUT2D eigenvalue weighted by Gasteiger charge is 2.25. The number of ketones is 1. The van der Waals surface area contributed by atoms with Gasteiger partial charge in [-0.3, -0.25) is 4.79 Å². The van der Waals surface area contributed by atoms with Crippen molar-refractivity contribution in [3.63, 3.8) is 0 Å². The molecule has 3 heteroatoms. The van der Waals surface area contributed by atoms with Gasteiger partial charge in [0.25, 0.3) is 0 Å². The van der Waals surface area contributed by atoms with E-state index in [2.05, 4.69) is 18.7 Å². The predicted octanol–water partition coefficient (Wildman–Crippen LogP) is 1.71. The van der Waals surface area contributed by atoms with Crippen LogP contribution < -0.4 is 0 Å². The van der Waals surface area contributed by atoms with E-state index in [1.807, 2.05) is 6.92 Å². The van der Waals surface area contributed by atoms with Crippen molar-refractivity contribution in [2.45, 2.75) is 39.7 Å². The molecule has 88 valence electrons. The minimum absolute atomic E-state index is 0.242. The first-order valence-electron chi connectivity index (χ1n) is 5.99. The average Bonchev–Trinajstić information content (AvgIpc) is 2.26. The van der Waals surface area contributed by atoms with Crippen LogP contribution >= 0.6 is 0 Å². The minimum atomic E-state index is 0.242. The molecule has 1 heterocycles. The van der Waals surface area contributed by atoms with Crippen LogP contribution in [-0.2, 0) is 9.53 Å². The molecule has 3 nitrogen and oxygen atoms in total. The fourth-order valence-electron chi connectivity index (χ4n) is 2.06. The fourth-order valence-corrected chi connectivity index (χ4v) is 2.06. The molecule has 0 aromatic carbocycles. The highest BCUT2D eigenvalue weighted by Crippen LogP contribution is 2.19. The second-order valence-electron chi connectivity index (χ2n) is 4.51. The summed E-state index contributed by atoms with van der Waals surface area (Å²) in [4.78, 5) is 14.1. The van der Waals surface area contributed by atoms with Crippen molar-refractivity contribution >= 4 is 5.78 Å². The summed E-state index contributed by atoms with van der Waals surface area (Å²) in [5, 5.41) is 0. The smallest absolute Gasteiger partial charge is 0.161 e. The van der Waals surface area contributed by atoms with Gasteiger partial charge in [-0.2, -0.15) is 0 Å². The average molecular weight is 213 g/mol. The summed E-state index contributed by atoms with van der Waals surface area (Å²) in [7, 11) is 0. The Morgan fingerprint density at radius 3 is 2.47 bits per heavy atom. The van der Waals surface area contributed by atoms with E-state index in [1.165, 1.54) is 0 Å². The van der Waals surface area contributed by atoms with Gasteiger partial charge in [0.15, 0.2) is 5.78 Å². The third-order valence-electron chi connectivity index (χ3n) is 3.16. The molecule has 0 atom stereocenters. The zero-order chi connectivity index (χ0) is 11.3. The number of carbonyl (C=O) groups excluding carboxylic acids is 1. The van der Waals surface area contributed by atoms with Crippen LogP contribution in [0.2, 0.25) is 0 Å². The summed E-state index contributed by atoms with van der Waals surface area (Å²) in [6.45, 7) is 9.40. The van der Waals surface area contributed by atoms with Gasteiger partial charge >= 0.3 is 0 Å². The lowest BCUT2D eigenvalue weighted by molar-refractivity contribution is -0.128. The molecule has 1 fully saturated rings. The number of carbonyl (C=O) groups is 1. The quantitative estimate of drug-likeness (QED) is 0.696. The van der Waals surface area contributed by atoms with Gasteiger partial charge in [-0.15, -0.1) is 0 Å². The number of Topliss-reactive ketones (excluding diaryl/α,β-unsaturated/α-hetero) is 1. The van der Waals surface area contributed by atoms with Crippen molar-refractivity contribution in [3.8, 4) is 0 Å². The molecule has 0 saturated carbocycles. The number of hydrogen-bond donors (Lipinski definition) is 0. The van der Waals surface area contributed by atoms with E-state index in [-0.39, 0.29) is 5.92 Å². The van der Waals surface area contributed by atoms with Crippen LogP contribution in [0.4, 0.5) is 0 Å². The van der Waals surface area contributed by atoms with Crippen LogP contribution in [-0.4, -0.2) is 43.0 Å². The molecule has 0 N–H and O–H groups in total. The van der Waals surface area contributed by atoms with Gasteiger partial charge < -0.3 is 9.64 Å². The SMILES string of the molecule is CCOCC(=O)C1CCN(C(C)C)CC1. The Labute approximate surface area is 92.8 Å². The normalized spacial score (nSPS) is 19.7. The third kappa shape index (κ3) is 3.92. The lowest BCUT2D eigenvalue weighted by atomic mass is 9.92. The zero-order valence-corrected chi connectivity index (χ0v) is 10.2. The van der Waals surface area contributed by atoms with Crippen LogP contribution in [0.5, 0.6) is 0 Å². The van der Waals surface area contributed by atoms with Gasteiger partial charge in [-0.1, -0.05) is 0 Å². The molecule has 0 bridgehead atoms. The number of nitrogens with zero attached hydrogens (tertiary/aromatic N) is 1. The van der Waals surface area contributed by atoms with Gasteiger partial charge in [-0.25, -0.2) is 0 Å². The van der Waals surface area contributed by atoms with Gasteiger partial charge in [0.05, 0.1) is 0 Å². The van der Waals surface area contributed by atoms with E-state index in [4.69, 9.17) is 4.74 Å². The molecule has 1 saturated heterocycles. The summed E-state index contributed by atoms with van der Waals surface area (Å²) in [5.41, 5.74) is 0. The Kier molecular flexibility index (Phi) is 5.26. The number of piperidine rings is 1. The lowest BCUT2D eigenvalue weighted by Crippen LogP contribution is -2.40. The number of hydrogen-bond acceptors (Lipinski definition) is 3. The molecular formula is C12H23NO2. The van der Waals surface area contributed by atoms with E-state index in [9.17, 15) is 4.79 Å². The largest absolute Gasteiger partial charge is 0.374 e. The van der Waals surface area contributed by atoms with Crippen LogP contribution in [0.25, 0.3) is 0 Å². The summed E-state index contributed by atoms with van der Waals surface area (Å²) < 4.78 is 5.16. The zero-order valence-electron chi connectivity index (χ0n) is 10.2. The minimum Gasteiger partial charge on any atom is -0.374 e. The second kappa shape index (κ2) is 6.23. The molecule has 0 aromatic rings. The van der Waals surface area contributed by atoms with Crippen molar-refractivity contribution in [2.75, 3.05) is 26.3 Å². The highest BCUT2D eigenvalue weighted by molar-refractivity contribution is 5.82. The standard InChI is InChI=1S/C12H23NO2/c1-4-15-9-12(14)11-5-7-13(8-6-11)10(2)3/h10-11H,4-9H2,1-3H3. The van der Waals surface area contributed by atoms with Crippen LogP contribution in [0, 0.1) is 5.92 Å². The van der Waals surface area contributed by atoms with Gasteiger partial charge in [0.1, 0.15) is 6.61 Å². The maximum absolute atomic E-state index is 11.7. The van der Waals surface area contributed by atoms with Crippen LogP contribution in [0.15, 0.2) is 0 Å². The fraction of sp³-hybridized carbons (Fsp3) is 0.917. The van der Waals surface area contributed by atoms with Gasteiger partial charge in [-0.05, 0) is 46.7 Å². The molecule has 15 heavy (non-hydrogen) atoms. The molecule has 0 unspecified atom stereocenters. The first kappa shape index (κ1) is 12.7. The summed E-state index contributed by atoms with van der Waals surface area (Å²) in [5.74, 6) is 0.534. The maximum Gasteiger partial charge on any atom is 0.161 e. The van der Waals surface area contributed by atoms with E-state index >= 15 is 0 Å². The van der Waals surface area contributed by atoms with E-state index in [1.54, 1.807) is 0 Å². The molecule has 1 aliphatic heterocycles. The Bertz CT molecular complexity index is 196. The highest BCUT2D eigenvalue weighted by atomic mass is 16.5. The van der Waals surface area contributed by atoms with Crippen LogP contribution in [0.3, 0.4) is 0 Å². The molecule has 0 aliphatic carbocycles. The van der Waals surface area contributed by atoms with Gasteiger partial charge in [0.2, 0.25) is 0 Å². The Morgan fingerprint density at radius 1 is 1.40 bits per heavy atom. The molecule has 1 aliphatic rings. The molecular weight excluding hydrogens is 190 g/mol. The lowest BCUT2D eigenvalue weighted by Gasteiger charge is -2.33. The first-order valence-corrected chi connectivity index (χ1v) is 5.99. The molecule has 0 radical (unpaired) electrons. The van der Waals surface area contributed by atoms with Gasteiger partial charge in [0, 0.05) is 18.6 Å². The monoisotopic (exact) mass is 213 g/mol. The molecule has 1 rings (SSSR count). The summed E-state index contributed by atoms with van der Waals surface area (Å²) in [6, 6.07) is 0.605. The third-order valence-corrected chi connectivity index (χ3v) is 3.16.